The summed E-state index contributed by atoms with van der Waals surface area (Å²) in [5, 5.41) is 11.2. The Balaban J connectivity index is 1.29. The molecule has 162 valence electrons. The van der Waals surface area contributed by atoms with E-state index in [1.54, 1.807) is 12.1 Å². The number of aromatic nitrogens is 2. The smallest absolute Gasteiger partial charge is 0.228 e. The number of rotatable bonds is 7. The molecule has 0 fully saturated rings. The van der Waals surface area contributed by atoms with Gasteiger partial charge in [0.25, 0.3) is 0 Å². The Labute approximate surface area is 185 Å². The third-order valence-corrected chi connectivity index (χ3v) is 4.78. The molecule has 9 heteroatoms. The van der Waals surface area contributed by atoms with Gasteiger partial charge >= 0.3 is 0 Å². The van der Waals surface area contributed by atoms with E-state index in [4.69, 9.17) is 25.6 Å². The van der Waals surface area contributed by atoms with Gasteiger partial charge in [0.2, 0.25) is 11.7 Å². The van der Waals surface area contributed by atoms with Crippen LogP contribution >= 0.6 is 11.6 Å². The van der Waals surface area contributed by atoms with Crippen molar-refractivity contribution in [1.82, 2.24) is 20.8 Å². The molecule has 1 atom stereocenters. The molecular weight excluding hydrogens is 418 g/mol. The van der Waals surface area contributed by atoms with Gasteiger partial charge in [-0.05, 0) is 31.2 Å². The van der Waals surface area contributed by atoms with Crippen LogP contribution in [0.3, 0.4) is 0 Å². The molecule has 0 aliphatic carbocycles. The minimum atomic E-state index is -0.137. The molecule has 1 aliphatic rings. The summed E-state index contributed by atoms with van der Waals surface area (Å²) in [5.74, 6) is 3.27. The molecule has 4 rings (SSSR count). The summed E-state index contributed by atoms with van der Waals surface area (Å²) in [7, 11) is 0. The highest BCUT2D eigenvalue weighted by molar-refractivity contribution is 6.30. The number of fused-ring (bicyclic) bond motifs is 1. The molecule has 2 N–H and O–H groups in total. The Morgan fingerprint density at radius 2 is 2.03 bits per heavy atom. The number of benzene rings is 2. The van der Waals surface area contributed by atoms with Crippen molar-refractivity contribution in [1.29, 1.82) is 0 Å². The van der Waals surface area contributed by atoms with Gasteiger partial charge in [-0.25, -0.2) is 4.99 Å². The zero-order valence-corrected chi connectivity index (χ0v) is 17.9. The number of nitrogens with zero attached hydrogens (tertiary/aromatic N) is 3. The molecule has 0 amide bonds. The first-order valence-electron chi connectivity index (χ1n) is 10.2. The quantitative estimate of drug-likeness (QED) is 0.429. The number of guanidine groups is 1. The Bertz CT molecular complexity index is 1040. The van der Waals surface area contributed by atoms with Crippen molar-refractivity contribution in [3.8, 4) is 22.9 Å². The second kappa shape index (κ2) is 10.2. The van der Waals surface area contributed by atoms with E-state index in [9.17, 15) is 0 Å². The fourth-order valence-corrected chi connectivity index (χ4v) is 3.27. The van der Waals surface area contributed by atoms with Crippen molar-refractivity contribution in [2.45, 2.75) is 19.4 Å². The Morgan fingerprint density at radius 1 is 1.16 bits per heavy atom. The summed E-state index contributed by atoms with van der Waals surface area (Å²) in [5.41, 5.74) is 0.821. The number of aliphatic imine (C=N–C) groups is 1. The molecule has 1 unspecified atom stereocenters. The van der Waals surface area contributed by atoms with E-state index in [1.165, 1.54) is 0 Å². The van der Waals surface area contributed by atoms with Crippen LogP contribution in [-0.2, 0) is 6.42 Å². The minimum Gasteiger partial charge on any atom is -0.486 e. The number of hydrogen-bond donors (Lipinski definition) is 2. The van der Waals surface area contributed by atoms with Gasteiger partial charge in [-0.2, -0.15) is 4.98 Å². The van der Waals surface area contributed by atoms with E-state index in [-0.39, 0.29) is 6.10 Å². The van der Waals surface area contributed by atoms with Crippen molar-refractivity contribution in [2.75, 3.05) is 26.2 Å². The van der Waals surface area contributed by atoms with E-state index in [0.29, 0.717) is 48.8 Å². The summed E-state index contributed by atoms with van der Waals surface area (Å²) >= 11 is 6.03. The fraction of sp³-hybridized carbons (Fsp3) is 0.318. The predicted molar refractivity (Wildman–Crippen MR) is 119 cm³/mol. The molecule has 2 heterocycles. The van der Waals surface area contributed by atoms with Crippen LogP contribution in [0.2, 0.25) is 5.02 Å². The first-order chi connectivity index (χ1) is 15.2. The lowest BCUT2D eigenvalue weighted by Crippen LogP contribution is -2.40. The lowest BCUT2D eigenvalue weighted by molar-refractivity contribution is 0.0971. The van der Waals surface area contributed by atoms with Crippen LogP contribution < -0.4 is 20.1 Å². The van der Waals surface area contributed by atoms with Crippen molar-refractivity contribution in [2.24, 2.45) is 4.99 Å². The zero-order valence-electron chi connectivity index (χ0n) is 17.2. The van der Waals surface area contributed by atoms with Crippen LogP contribution in [0, 0.1) is 0 Å². The van der Waals surface area contributed by atoms with Gasteiger partial charge in [0.15, 0.2) is 23.6 Å². The SMILES string of the molecule is CCNC(=NCC1COc2ccccc2O1)NCCc1nc(-c2cccc(Cl)c2)no1. The maximum atomic E-state index is 6.03. The van der Waals surface area contributed by atoms with Crippen LogP contribution in [0.25, 0.3) is 11.4 Å². The average molecular weight is 442 g/mol. The van der Waals surface area contributed by atoms with Crippen LogP contribution in [0.15, 0.2) is 58.0 Å². The lowest BCUT2D eigenvalue weighted by atomic mass is 10.2. The number of ether oxygens (including phenoxy) is 2. The molecule has 3 aromatic rings. The summed E-state index contributed by atoms with van der Waals surface area (Å²) < 4.78 is 17.0. The molecule has 1 aromatic heterocycles. The fourth-order valence-electron chi connectivity index (χ4n) is 3.08. The monoisotopic (exact) mass is 441 g/mol. The van der Waals surface area contributed by atoms with Crippen molar-refractivity contribution < 1.29 is 14.0 Å². The summed E-state index contributed by atoms with van der Waals surface area (Å²) in [6.45, 7) is 4.30. The molecule has 0 saturated carbocycles. The number of halogens is 1. The van der Waals surface area contributed by atoms with Crippen molar-refractivity contribution in [3.05, 3.63) is 59.4 Å². The maximum Gasteiger partial charge on any atom is 0.228 e. The average Bonchev–Trinajstić information content (AvgIpc) is 3.26. The largest absolute Gasteiger partial charge is 0.486 e. The third-order valence-electron chi connectivity index (χ3n) is 4.55. The van der Waals surface area contributed by atoms with Crippen molar-refractivity contribution >= 4 is 17.6 Å². The van der Waals surface area contributed by atoms with E-state index >= 15 is 0 Å². The van der Waals surface area contributed by atoms with Crippen molar-refractivity contribution in [3.63, 3.8) is 0 Å². The Kier molecular flexibility index (Phi) is 6.89. The summed E-state index contributed by atoms with van der Waals surface area (Å²) in [6, 6.07) is 15.0. The van der Waals surface area contributed by atoms with Crippen LogP contribution in [0.4, 0.5) is 0 Å². The van der Waals surface area contributed by atoms with Gasteiger partial charge in [-0.15, -0.1) is 0 Å². The number of nitrogens with one attached hydrogen (secondary N) is 2. The highest BCUT2D eigenvalue weighted by atomic mass is 35.5. The van der Waals surface area contributed by atoms with E-state index in [1.807, 2.05) is 43.3 Å². The Morgan fingerprint density at radius 3 is 2.87 bits per heavy atom. The normalized spacial score (nSPS) is 15.5. The topological polar surface area (TPSA) is 93.8 Å². The molecule has 0 bridgehead atoms. The second-order valence-corrected chi connectivity index (χ2v) is 7.35. The minimum absolute atomic E-state index is 0.137. The molecular formula is C22H24ClN5O3. The standard InChI is InChI=1S/C22H24ClN5O3/c1-2-24-22(26-13-17-14-29-18-8-3-4-9-19(18)30-17)25-11-10-20-27-21(28-31-20)15-6-5-7-16(23)12-15/h3-9,12,17H,2,10-11,13-14H2,1H3,(H2,24,25,26). The van der Waals surface area contributed by atoms with Crippen LogP contribution in [0.5, 0.6) is 11.5 Å². The maximum absolute atomic E-state index is 6.03. The number of para-hydroxylation sites is 2. The second-order valence-electron chi connectivity index (χ2n) is 6.92. The molecule has 2 aromatic carbocycles. The van der Waals surface area contributed by atoms with Gasteiger partial charge in [-0.1, -0.05) is 41.0 Å². The van der Waals surface area contributed by atoms with E-state index < -0.39 is 0 Å². The third kappa shape index (κ3) is 5.67. The van der Waals surface area contributed by atoms with Gasteiger partial charge in [0, 0.05) is 30.1 Å². The van der Waals surface area contributed by atoms with Gasteiger partial charge in [-0.3, -0.25) is 0 Å². The zero-order chi connectivity index (χ0) is 21.5. The molecule has 8 nitrogen and oxygen atoms in total. The van der Waals surface area contributed by atoms with Gasteiger partial charge in [0.1, 0.15) is 6.61 Å². The first-order valence-corrected chi connectivity index (χ1v) is 10.6. The highest BCUT2D eigenvalue weighted by Crippen LogP contribution is 2.30. The molecule has 0 saturated heterocycles. The first kappa shape index (κ1) is 21.0. The Hall–Kier alpha value is -3.26. The predicted octanol–water partition coefficient (Wildman–Crippen LogP) is 3.33. The molecule has 0 radical (unpaired) electrons. The van der Waals surface area contributed by atoms with Gasteiger partial charge < -0.3 is 24.6 Å². The van der Waals surface area contributed by atoms with E-state index in [0.717, 1.165) is 23.6 Å². The summed E-state index contributed by atoms with van der Waals surface area (Å²) in [4.78, 5) is 9.04. The number of hydrogen-bond acceptors (Lipinski definition) is 6. The van der Waals surface area contributed by atoms with E-state index in [2.05, 4.69) is 25.8 Å². The molecule has 31 heavy (non-hydrogen) atoms. The van der Waals surface area contributed by atoms with Crippen LogP contribution in [0.1, 0.15) is 12.8 Å². The van der Waals surface area contributed by atoms with Crippen LogP contribution in [-0.4, -0.2) is 48.4 Å². The molecule has 1 aliphatic heterocycles. The lowest BCUT2D eigenvalue weighted by Gasteiger charge is -2.25. The highest BCUT2D eigenvalue weighted by Gasteiger charge is 2.20. The molecule has 0 spiro atoms. The van der Waals surface area contributed by atoms with Gasteiger partial charge in [0.05, 0.1) is 6.54 Å². The summed E-state index contributed by atoms with van der Waals surface area (Å²) in [6.07, 6.45) is 0.426.